The average molecular weight is 236 g/mol. The van der Waals surface area contributed by atoms with Crippen molar-refractivity contribution in [3.8, 4) is 0 Å². The quantitative estimate of drug-likeness (QED) is 0.783. The van der Waals surface area contributed by atoms with Gasteiger partial charge in [0.1, 0.15) is 0 Å². The van der Waals surface area contributed by atoms with Gasteiger partial charge >= 0.3 is 0 Å². The summed E-state index contributed by atoms with van der Waals surface area (Å²) < 4.78 is 0. The summed E-state index contributed by atoms with van der Waals surface area (Å²) in [6.45, 7) is 5.90. The van der Waals surface area contributed by atoms with Crippen LogP contribution in [0.25, 0.3) is 0 Å². The Labute approximate surface area is 102 Å². The van der Waals surface area contributed by atoms with Crippen LogP contribution < -0.4 is 0 Å². The lowest BCUT2D eigenvalue weighted by atomic mass is 9.98. The number of thiophene rings is 1. The highest BCUT2D eigenvalue weighted by Gasteiger charge is 2.17. The van der Waals surface area contributed by atoms with Gasteiger partial charge in [-0.3, -0.25) is 0 Å². The van der Waals surface area contributed by atoms with Crippen molar-refractivity contribution in [1.29, 1.82) is 0 Å². The average Bonchev–Trinajstić information content (AvgIpc) is 2.69. The van der Waals surface area contributed by atoms with Crippen LogP contribution >= 0.6 is 11.3 Å². The van der Waals surface area contributed by atoms with E-state index in [0.29, 0.717) is 0 Å². The van der Waals surface area contributed by atoms with E-state index < -0.39 is 0 Å². The molecule has 0 bridgehead atoms. The monoisotopic (exact) mass is 236 g/mol. The fraction of sp³-hybridized carbons (Fsp3) is 0.571. The van der Waals surface area contributed by atoms with Crippen molar-refractivity contribution >= 4 is 11.3 Å². The third-order valence-electron chi connectivity index (χ3n) is 3.19. The molecule has 0 aliphatic heterocycles. The van der Waals surface area contributed by atoms with Gasteiger partial charge in [-0.15, -0.1) is 17.9 Å². The topological polar surface area (TPSA) is 20.2 Å². The molecule has 1 N–H and O–H groups in total. The second-order valence-electron chi connectivity index (χ2n) is 4.82. The van der Waals surface area contributed by atoms with E-state index in [1.54, 1.807) is 0 Å². The lowest BCUT2D eigenvalue weighted by Gasteiger charge is -2.08. The number of aryl methyl sites for hydroxylation is 2. The first-order valence-corrected chi connectivity index (χ1v) is 6.92. The molecule has 1 nitrogen and oxygen atoms in total. The molecule has 0 saturated heterocycles. The van der Waals surface area contributed by atoms with Crippen molar-refractivity contribution < 1.29 is 5.11 Å². The van der Waals surface area contributed by atoms with Gasteiger partial charge in [-0.1, -0.05) is 5.57 Å². The molecule has 0 fully saturated rings. The Hall–Kier alpha value is -0.600. The van der Waals surface area contributed by atoms with Gasteiger partial charge in [0.2, 0.25) is 0 Å². The normalized spacial score (nSPS) is 16.9. The van der Waals surface area contributed by atoms with Crippen LogP contribution in [0.15, 0.2) is 18.2 Å². The predicted molar refractivity (Wildman–Crippen MR) is 70.0 cm³/mol. The largest absolute Gasteiger partial charge is 0.388 e. The van der Waals surface area contributed by atoms with Crippen LogP contribution in [0.1, 0.15) is 54.0 Å². The Bertz CT molecular complexity index is 355. The van der Waals surface area contributed by atoms with Gasteiger partial charge in [-0.2, -0.15) is 0 Å². The zero-order valence-corrected chi connectivity index (χ0v) is 10.8. The summed E-state index contributed by atoms with van der Waals surface area (Å²) >= 11 is 1.82. The summed E-state index contributed by atoms with van der Waals surface area (Å²) in [4.78, 5) is 2.67. The van der Waals surface area contributed by atoms with Crippen LogP contribution in [0.4, 0.5) is 0 Å². The zero-order chi connectivity index (χ0) is 11.5. The SMILES string of the molecule is C=C(C)CCC(O)c1cc2c(s1)CCCC2. The number of hydrogen-bond acceptors (Lipinski definition) is 2. The summed E-state index contributed by atoms with van der Waals surface area (Å²) in [7, 11) is 0. The fourth-order valence-corrected chi connectivity index (χ4v) is 3.48. The summed E-state index contributed by atoms with van der Waals surface area (Å²) in [5, 5.41) is 10.1. The number of hydrogen-bond donors (Lipinski definition) is 1. The highest BCUT2D eigenvalue weighted by molar-refractivity contribution is 7.12. The number of aliphatic hydroxyl groups excluding tert-OH is 1. The van der Waals surface area contributed by atoms with Crippen molar-refractivity contribution in [2.75, 3.05) is 0 Å². The van der Waals surface area contributed by atoms with Crippen LogP contribution in [-0.2, 0) is 12.8 Å². The minimum Gasteiger partial charge on any atom is -0.388 e. The van der Waals surface area contributed by atoms with Gasteiger partial charge in [0, 0.05) is 9.75 Å². The molecule has 88 valence electrons. The number of rotatable bonds is 4. The molecule has 1 aliphatic rings. The number of fused-ring (bicyclic) bond motifs is 1. The predicted octanol–water partition coefficient (Wildman–Crippen LogP) is 4.02. The second-order valence-corrected chi connectivity index (χ2v) is 5.98. The molecule has 1 aliphatic carbocycles. The van der Waals surface area contributed by atoms with Crippen molar-refractivity contribution in [3.63, 3.8) is 0 Å². The van der Waals surface area contributed by atoms with Crippen LogP contribution in [0.2, 0.25) is 0 Å². The lowest BCUT2D eigenvalue weighted by Crippen LogP contribution is -1.96. The van der Waals surface area contributed by atoms with E-state index in [0.717, 1.165) is 23.3 Å². The third kappa shape index (κ3) is 2.74. The van der Waals surface area contributed by atoms with Gasteiger partial charge < -0.3 is 5.11 Å². The Morgan fingerprint density at radius 3 is 2.94 bits per heavy atom. The Morgan fingerprint density at radius 1 is 1.50 bits per heavy atom. The minimum atomic E-state index is -0.285. The van der Waals surface area contributed by atoms with Crippen molar-refractivity contribution in [3.05, 3.63) is 33.5 Å². The molecule has 0 spiro atoms. The maximum atomic E-state index is 10.1. The molecule has 1 aromatic rings. The Kier molecular flexibility index (Phi) is 3.82. The molecule has 0 radical (unpaired) electrons. The molecule has 1 aromatic heterocycles. The van der Waals surface area contributed by atoms with E-state index in [1.807, 2.05) is 18.3 Å². The van der Waals surface area contributed by atoms with E-state index in [1.165, 1.54) is 36.1 Å². The summed E-state index contributed by atoms with van der Waals surface area (Å²) in [5.41, 5.74) is 2.64. The Balaban J connectivity index is 2.03. The molecule has 1 atom stereocenters. The standard InChI is InChI=1S/C14H20OS/c1-10(2)7-8-12(15)14-9-11-5-3-4-6-13(11)16-14/h9,12,15H,1,3-8H2,2H3. The molecule has 2 heteroatoms. The van der Waals surface area contributed by atoms with E-state index in [4.69, 9.17) is 0 Å². The third-order valence-corrected chi connectivity index (χ3v) is 4.53. The van der Waals surface area contributed by atoms with Crippen LogP contribution in [-0.4, -0.2) is 5.11 Å². The number of aliphatic hydroxyl groups is 1. The maximum absolute atomic E-state index is 10.1. The molecular weight excluding hydrogens is 216 g/mol. The highest BCUT2D eigenvalue weighted by Crippen LogP contribution is 2.34. The summed E-state index contributed by atoms with van der Waals surface area (Å²) in [6.07, 6.45) is 6.50. The highest BCUT2D eigenvalue weighted by atomic mass is 32.1. The maximum Gasteiger partial charge on any atom is 0.0885 e. The van der Waals surface area contributed by atoms with E-state index >= 15 is 0 Å². The minimum absolute atomic E-state index is 0.285. The van der Waals surface area contributed by atoms with Crippen LogP contribution in [0, 0.1) is 0 Å². The van der Waals surface area contributed by atoms with Gasteiger partial charge in [-0.05, 0) is 57.1 Å². The van der Waals surface area contributed by atoms with Crippen molar-refractivity contribution in [2.45, 2.75) is 51.6 Å². The van der Waals surface area contributed by atoms with Crippen LogP contribution in [0.3, 0.4) is 0 Å². The summed E-state index contributed by atoms with van der Waals surface area (Å²) in [5.74, 6) is 0. The van der Waals surface area contributed by atoms with Crippen molar-refractivity contribution in [2.24, 2.45) is 0 Å². The van der Waals surface area contributed by atoms with Gasteiger partial charge in [-0.25, -0.2) is 0 Å². The van der Waals surface area contributed by atoms with Crippen LogP contribution in [0.5, 0.6) is 0 Å². The van der Waals surface area contributed by atoms with Gasteiger partial charge in [0.15, 0.2) is 0 Å². The molecular formula is C14H20OS. The number of allylic oxidation sites excluding steroid dienone is 1. The van der Waals surface area contributed by atoms with Gasteiger partial charge in [0.25, 0.3) is 0 Å². The first-order valence-electron chi connectivity index (χ1n) is 6.10. The molecule has 2 rings (SSSR count). The molecule has 1 heterocycles. The second kappa shape index (κ2) is 5.15. The smallest absolute Gasteiger partial charge is 0.0885 e. The van der Waals surface area contributed by atoms with E-state index in [2.05, 4.69) is 12.6 Å². The van der Waals surface area contributed by atoms with E-state index in [-0.39, 0.29) is 6.10 Å². The zero-order valence-electron chi connectivity index (χ0n) is 9.96. The molecule has 0 amide bonds. The Morgan fingerprint density at radius 2 is 2.25 bits per heavy atom. The van der Waals surface area contributed by atoms with Gasteiger partial charge in [0.05, 0.1) is 6.10 Å². The van der Waals surface area contributed by atoms with E-state index in [9.17, 15) is 5.11 Å². The lowest BCUT2D eigenvalue weighted by molar-refractivity contribution is 0.171. The van der Waals surface area contributed by atoms with Crippen molar-refractivity contribution in [1.82, 2.24) is 0 Å². The molecule has 16 heavy (non-hydrogen) atoms. The molecule has 0 saturated carbocycles. The fourth-order valence-electron chi connectivity index (χ4n) is 2.20. The molecule has 1 unspecified atom stereocenters. The first-order chi connectivity index (χ1) is 7.66. The summed E-state index contributed by atoms with van der Waals surface area (Å²) in [6, 6.07) is 2.22. The first kappa shape index (κ1) is 11.9. The molecule has 0 aromatic carbocycles.